The van der Waals surface area contributed by atoms with Crippen LogP contribution in [0.3, 0.4) is 0 Å². The molecule has 1 fully saturated rings. The maximum Gasteiger partial charge on any atom is 0.259 e. The minimum Gasteiger partial charge on any atom is -0.378 e. The standard InChI is InChI=1S/C18H33BN2O4P2/c1-14(2)21(15(3)4)26(23-12-7-11-20)25-17-8-9-18(19)24-16(17)10-13-27(5,6)22/h10,13-18H,7-9,12H2,1-6H3/b13-10+/t16-,17?,18-,26?/m1/s1. The molecule has 0 N–H and O–H groups in total. The number of rotatable bonds is 10. The summed E-state index contributed by atoms with van der Waals surface area (Å²) in [5, 5.41) is 8.83. The molecule has 1 heterocycles. The highest BCUT2D eigenvalue weighted by Crippen LogP contribution is 2.49. The van der Waals surface area contributed by atoms with Crippen molar-refractivity contribution in [3.63, 3.8) is 0 Å². The highest BCUT2D eigenvalue weighted by Gasteiger charge is 2.35. The van der Waals surface area contributed by atoms with Crippen LogP contribution in [0.25, 0.3) is 0 Å². The number of nitrogens with zero attached hydrogens (tertiary/aromatic N) is 2. The van der Waals surface area contributed by atoms with Crippen LogP contribution < -0.4 is 0 Å². The van der Waals surface area contributed by atoms with Crippen molar-refractivity contribution in [2.75, 3.05) is 19.9 Å². The third kappa shape index (κ3) is 9.22. The second-order valence-electron chi connectivity index (χ2n) is 7.68. The average molecular weight is 414 g/mol. The summed E-state index contributed by atoms with van der Waals surface area (Å²) in [5.74, 6) is 1.70. The summed E-state index contributed by atoms with van der Waals surface area (Å²) in [6.07, 6.45) is 2.95. The van der Waals surface area contributed by atoms with Gasteiger partial charge in [-0.3, -0.25) is 0 Å². The molecular formula is C18H33BN2O4P2. The van der Waals surface area contributed by atoms with Crippen LogP contribution in [0.4, 0.5) is 0 Å². The molecule has 4 atom stereocenters. The van der Waals surface area contributed by atoms with Gasteiger partial charge in [-0.25, -0.2) is 4.67 Å². The van der Waals surface area contributed by atoms with Crippen molar-refractivity contribution in [3.8, 4) is 6.07 Å². The fraction of sp³-hybridized carbons (Fsp3) is 0.833. The Morgan fingerprint density at radius 3 is 2.48 bits per heavy atom. The van der Waals surface area contributed by atoms with Crippen LogP contribution in [0.2, 0.25) is 0 Å². The van der Waals surface area contributed by atoms with Gasteiger partial charge >= 0.3 is 0 Å². The van der Waals surface area contributed by atoms with Gasteiger partial charge in [0.25, 0.3) is 8.53 Å². The zero-order chi connectivity index (χ0) is 20.6. The highest BCUT2D eigenvalue weighted by molar-refractivity contribution is 7.65. The topological polar surface area (TPSA) is 71.8 Å². The predicted octanol–water partition coefficient (Wildman–Crippen LogP) is 4.46. The normalized spacial score (nSPS) is 25.4. The van der Waals surface area contributed by atoms with E-state index in [1.807, 2.05) is 6.08 Å². The lowest BCUT2D eigenvalue weighted by Crippen LogP contribution is -2.41. The van der Waals surface area contributed by atoms with E-state index in [1.54, 1.807) is 19.1 Å². The van der Waals surface area contributed by atoms with E-state index in [9.17, 15) is 4.57 Å². The molecule has 9 heteroatoms. The average Bonchev–Trinajstić information content (AvgIpc) is 2.53. The molecule has 0 bridgehead atoms. The lowest BCUT2D eigenvalue weighted by Gasteiger charge is -2.40. The van der Waals surface area contributed by atoms with Crippen LogP contribution in [-0.2, 0) is 18.3 Å². The van der Waals surface area contributed by atoms with Crippen LogP contribution in [0.5, 0.6) is 0 Å². The maximum atomic E-state index is 12.1. The molecule has 2 radical (unpaired) electrons. The van der Waals surface area contributed by atoms with E-state index < -0.39 is 15.7 Å². The van der Waals surface area contributed by atoms with Crippen molar-refractivity contribution in [1.29, 1.82) is 5.26 Å². The van der Waals surface area contributed by atoms with E-state index in [2.05, 4.69) is 38.4 Å². The molecule has 27 heavy (non-hydrogen) atoms. The largest absolute Gasteiger partial charge is 0.378 e. The molecule has 0 saturated carbocycles. The fourth-order valence-corrected chi connectivity index (χ4v) is 5.18. The molecule has 0 aliphatic carbocycles. The first kappa shape index (κ1) is 24.8. The van der Waals surface area contributed by atoms with Crippen LogP contribution in [0, 0.1) is 11.3 Å². The first-order valence-electron chi connectivity index (χ1n) is 9.45. The van der Waals surface area contributed by atoms with Gasteiger partial charge in [0.05, 0.1) is 25.2 Å². The van der Waals surface area contributed by atoms with Gasteiger partial charge in [-0.1, -0.05) is 0 Å². The zero-order valence-corrected chi connectivity index (χ0v) is 19.2. The van der Waals surface area contributed by atoms with E-state index in [0.717, 1.165) is 6.42 Å². The van der Waals surface area contributed by atoms with Crippen LogP contribution in [0.15, 0.2) is 11.9 Å². The summed E-state index contributed by atoms with van der Waals surface area (Å²) >= 11 is 0. The quantitative estimate of drug-likeness (QED) is 0.299. The van der Waals surface area contributed by atoms with Crippen molar-refractivity contribution in [3.05, 3.63) is 11.9 Å². The van der Waals surface area contributed by atoms with Crippen LogP contribution >= 0.6 is 15.7 Å². The molecule has 0 aromatic rings. The summed E-state index contributed by atoms with van der Waals surface area (Å²) in [7, 11) is 2.29. The maximum absolute atomic E-state index is 12.1. The van der Waals surface area contributed by atoms with E-state index in [0.29, 0.717) is 19.4 Å². The molecule has 0 spiro atoms. The molecule has 0 aromatic heterocycles. The summed E-state index contributed by atoms with van der Waals surface area (Å²) in [5.41, 5.74) is 0. The van der Waals surface area contributed by atoms with Gasteiger partial charge in [0, 0.05) is 18.1 Å². The van der Waals surface area contributed by atoms with Gasteiger partial charge in [0.15, 0.2) is 0 Å². The lowest BCUT2D eigenvalue weighted by atomic mass is 9.89. The summed E-state index contributed by atoms with van der Waals surface area (Å²) in [4.78, 5) is 0. The number of nitriles is 1. The zero-order valence-electron chi connectivity index (χ0n) is 17.4. The van der Waals surface area contributed by atoms with Gasteiger partial charge in [0.2, 0.25) is 0 Å². The van der Waals surface area contributed by atoms with E-state index in [1.165, 1.54) is 0 Å². The first-order chi connectivity index (χ1) is 12.5. The molecule has 0 aromatic carbocycles. The minimum absolute atomic E-state index is 0.227. The first-order valence-corrected chi connectivity index (χ1v) is 13.2. The molecule has 2 unspecified atom stereocenters. The molecule has 6 nitrogen and oxygen atoms in total. The van der Waals surface area contributed by atoms with Gasteiger partial charge in [-0.05, 0) is 65.8 Å². The summed E-state index contributed by atoms with van der Waals surface area (Å²) in [6.45, 7) is 12.1. The molecular weight excluding hydrogens is 381 g/mol. The van der Waals surface area contributed by atoms with Gasteiger partial charge in [0.1, 0.15) is 21.1 Å². The Kier molecular flexibility index (Phi) is 10.8. The second kappa shape index (κ2) is 11.7. The number of hydrogen-bond donors (Lipinski definition) is 0. The second-order valence-corrected chi connectivity index (χ2v) is 12.3. The molecule has 152 valence electrons. The van der Waals surface area contributed by atoms with Crippen molar-refractivity contribution in [1.82, 2.24) is 4.67 Å². The van der Waals surface area contributed by atoms with E-state index >= 15 is 0 Å². The highest BCUT2D eigenvalue weighted by atomic mass is 31.2. The van der Waals surface area contributed by atoms with Crippen molar-refractivity contribution in [2.24, 2.45) is 0 Å². The molecule has 1 rings (SSSR count). The summed E-state index contributed by atoms with van der Waals surface area (Å²) < 4.78 is 32.4. The Hall–Kier alpha value is -0.205. The molecule has 1 aliphatic rings. The van der Waals surface area contributed by atoms with Crippen LogP contribution in [-0.4, -0.2) is 62.7 Å². The van der Waals surface area contributed by atoms with Crippen molar-refractivity contribution < 1.29 is 18.3 Å². The third-order valence-corrected chi connectivity index (χ3v) is 7.00. The minimum atomic E-state index is -2.31. The Morgan fingerprint density at radius 1 is 1.33 bits per heavy atom. The smallest absolute Gasteiger partial charge is 0.259 e. The monoisotopic (exact) mass is 414 g/mol. The Balaban J connectivity index is 2.98. The summed E-state index contributed by atoms with van der Waals surface area (Å²) in [6, 6.07) is 2.20. The van der Waals surface area contributed by atoms with Crippen molar-refractivity contribution in [2.45, 2.75) is 77.3 Å². The number of ether oxygens (including phenoxy) is 1. The SMILES string of the molecule is [B][C@H]1CCC(OP(OCCC#N)N(C(C)C)C(C)C)[C@@H](/C=C/P(C)(C)=O)O1. The fourth-order valence-electron chi connectivity index (χ4n) is 2.83. The van der Waals surface area contributed by atoms with Gasteiger partial charge in [-0.2, -0.15) is 5.26 Å². The molecule has 0 amide bonds. The molecule has 1 saturated heterocycles. The lowest BCUT2D eigenvalue weighted by molar-refractivity contribution is -0.0588. The Bertz CT molecular complexity index is 554. The molecule has 1 aliphatic heterocycles. The van der Waals surface area contributed by atoms with E-state index in [-0.39, 0.29) is 30.3 Å². The van der Waals surface area contributed by atoms with Crippen LogP contribution in [0.1, 0.15) is 47.0 Å². The van der Waals surface area contributed by atoms with Gasteiger partial charge < -0.3 is 18.3 Å². The third-order valence-electron chi connectivity index (χ3n) is 3.96. The van der Waals surface area contributed by atoms with E-state index in [4.69, 9.17) is 26.9 Å². The Labute approximate surface area is 167 Å². The van der Waals surface area contributed by atoms with Gasteiger partial charge in [-0.15, -0.1) is 0 Å². The van der Waals surface area contributed by atoms with Crippen molar-refractivity contribution >= 4 is 23.5 Å². The Morgan fingerprint density at radius 2 is 1.96 bits per heavy atom. The number of hydrogen-bond acceptors (Lipinski definition) is 6. The predicted molar refractivity (Wildman–Crippen MR) is 112 cm³/mol.